The third-order valence-electron chi connectivity index (χ3n) is 3.62. The molecule has 2 heteroatoms. The molecule has 0 amide bonds. The lowest BCUT2D eigenvalue weighted by molar-refractivity contribution is 0.370. The molecule has 0 spiro atoms. The van der Waals surface area contributed by atoms with Crippen molar-refractivity contribution in [1.82, 2.24) is 4.90 Å². The van der Waals surface area contributed by atoms with Gasteiger partial charge in [-0.2, -0.15) is 0 Å². The number of nitrogens with zero attached hydrogens (tertiary/aromatic N) is 1. The van der Waals surface area contributed by atoms with Gasteiger partial charge in [-0.1, -0.05) is 12.1 Å². The van der Waals surface area contributed by atoms with Crippen LogP contribution in [0.4, 0.5) is 0 Å². The van der Waals surface area contributed by atoms with Crippen molar-refractivity contribution in [3.63, 3.8) is 0 Å². The van der Waals surface area contributed by atoms with Crippen LogP contribution in [0.2, 0.25) is 0 Å². The fourth-order valence-corrected chi connectivity index (χ4v) is 2.42. The first kappa shape index (κ1) is 12.4. The highest BCUT2D eigenvalue weighted by Gasteiger charge is 2.31. The minimum Gasteiger partial charge on any atom is -0.497 e. The molecule has 1 fully saturated rings. The Hall–Kier alpha value is -1.02. The zero-order valence-electron chi connectivity index (χ0n) is 11.1. The molecule has 1 aliphatic rings. The normalized spacial score (nSPS) is 17.2. The molecule has 94 valence electrons. The molecule has 0 aliphatic heterocycles. The summed E-state index contributed by atoms with van der Waals surface area (Å²) < 4.78 is 5.21. The first-order valence-corrected chi connectivity index (χ1v) is 6.49. The highest BCUT2D eigenvalue weighted by Crippen LogP contribution is 2.44. The van der Waals surface area contributed by atoms with Crippen molar-refractivity contribution in [2.45, 2.75) is 25.2 Å². The second-order valence-electron chi connectivity index (χ2n) is 5.31. The molecular formula is C15H23NO. The molecule has 0 saturated heterocycles. The molecule has 0 bridgehead atoms. The molecule has 1 unspecified atom stereocenters. The minimum absolute atomic E-state index is 0.739. The first-order chi connectivity index (χ1) is 8.20. The number of benzene rings is 1. The van der Waals surface area contributed by atoms with Crippen molar-refractivity contribution < 1.29 is 4.74 Å². The Morgan fingerprint density at radius 1 is 1.24 bits per heavy atom. The summed E-state index contributed by atoms with van der Waals surface area (Å²) in [5.74, 6) is 2.61. The summed E-state index contributed by atoms with van der Waals surface area (Å²) in [6, 6.07) is 8.63. The minimum atomic E-state index is 0.739. The molecule has 1 aliphatic carbocycles. The Bertz CT molecular complexity index is 340. The lowest BCUT2D eigenvalue weighted by atomic mass is 9.91. The van der Waals surface area contributed by atoms with Gasteiger partial charge in [0.15, 0.2) is 0 Å². The molecule has 0 N–H and O–H groups in total. The average Bonchev–Trinajstić information content (AvgIpc) is 3.14. The molecule has 1 aromatic carbocycles. The number of hydrogen-bond acceptors (Lipinski definition) is 2. The van der Waals surface area contributed by atoms with Crippen LogP contribution in [0.3, 0.4) is 0 Å². The molecule has 2 nitrogen and oxygen atoms in total. The number of hydrogen-bond donors (Lipinski definition) is 0. The number of rotatable bonds is 6. The van der Waals surface area contributed by atoms with Gasteiger partial charge >= 0.3 is 0 Å². The summed E-state index contributed by atoms with van der Waals surface area (Å²) in [6.45, 7) is 1.17. The highest BCUT2D eigenvalue weighted by molar-refractivity contribution is 5.30. The van der Waals surface area contributed by atoms with Crippen molar-refractivity contribution in [3.8, 4) is 5.75 Å². The van der Waals surface area contributed by atoms with Gasteiger partial charge in [0.25, 0.3) is 0 Å². The smallest absolute Gasteiger partial charge is 0.118 e. The zero-order chi connectivity index (χ0) is 12.3. The lowest BCUT2D eigenvalue weighted by Gasteiger charge is -2.19. The molecule has 0 heterocycles. The fourth-order valence-electron chi connectivity index (χ4n) is 2.42. The molecule has 1 aromatic rings. The van der Waals surface area contributed by atoms with Crippen molar-refractivity contribution in [2.75, 3.05) is 27.7 Å². The summed E-state index contributed by atoms with van der Waals surface area (Å²) in [6.07, 6.45) is 4.08. The Morgan fingerprint density at radius 3 is 2.35 bits per heavy atom. The lowest BCUT2D eigenvalue weighted by Crippen LogP contribution is -2.16. The summed E-state index contributed by atoms with van der Waals surface area (Å²) in [4.78, 5) is 2.28. The average molecular weight is 233 g/mol. The summed E-state index contributed by atoms with van der Waals surface area (Å²) >= 11 is 0. The molecule has 2 rings (SSSR count). The van der Waals surface area contributed by atoms with E-state index in [1.807, 2.05) is 0 Å². The predicted molar refractivity (Wildman–Crippen MR) is 71.6 cm³/mol. The largest absolute Gasteiger partial charge is 0.497 e. The van der Waals surface area contributed by atoms with Crippen LogP contribution < -0.4 is 4.74 Å². The van der Waals surface area contributed by atoms with Crippen LogP contribution >= 0.6 is 0 Å². The number of methoxy groups -OCH3 is 1. The Balaban J connectivity index is 2.03. The second-order valence-corrected chi connectivity index (χ2v) is 5.31. The van der Waals surface area contributed by atoms with Gasteiger partial charge in [-0.15, -0.1) is 0 Å². The van der Waals surface area contributed by atoms with E-state index >= 15 is 0 Å². The van der Waals surface area contributed by atoms with Crippen LogP contribution in [-0.4, -0.2) is 32.6 Å². The molecular weight excluding hydrogens is 210 g/mol. The monoisotopic (exact) mass is 233 g/mol. The van der Waals surface area contributed by atoms with Gasteiger partial charge in [0.05, 0.1) is 7.11 Å². The second kappa shape index (κ2) is 5.54. The van der Waals surface area contributed by atoms with E-state index in [0.717, 1.165) is 17.6 Å². The Labute approximate surface area is 105 Å². The van der Waals surface area contributed by atoms with Gasteiger partial charge in [0.1, 0.15) is 5.75 Å². The van der Waals surface area contributed by atoms with Crippen LogP contribution in [0.1, 0.15) is 30.7 Å². The quantitative estimate of drug-likeness (QED) is 0.748. The molecule has 17 heavy (non-hydrogen) atoms. The highest BCUT2D eigenvalue weighted by atomic mass is 16.5. The third kappa shape index (κ3) is 3.47. The molecule has 0 aromatic heterocycles. The van der Waals surface area contributed by atoms with E-state index in [1.165, 1.54) is 31.4 Å². The van der Waals surface area contributed by atoms with Gasteiger partial charge in [0, 0.05) is 0 Å². The summed E-state index contributed by atoms with van der Waals surface area (Å²) in [7, 11) is 6.02. The zero-order valence-corrected chi connectivity index (χ0v) is 11.1. The van der Waals surface area contributed by atoms with E-state index in [4.69, 9.17) is 4.74 Å². The van der Waals surface area contributed by atoms with Crippen molar-refractivity contribution in [1.29, 1.82) is 0 Å². The third-order valence-corrected chi connectivity index (χ3v) is 3.62. The van der Waals surface area contributed by atoms with Crippen LogP contribution in [0.15, 0.2) is 24.3 Å². The number of ether oxygens (including phenoxy) is 1. The van der Waals surface area contributed by atoms with Crippen molar-refractivity contribution >= 4 is 0 Å². The topological polar surface area (TPSA) is 12.5 Å². The van der Waals surface area contributed by atoms with E-state index in [9.17, 15) is 0 Å². The van der Waals surface area contributed by atoms with E-state index < -0.39 is 0 Å². The predicted octanol–water partition coefficient (Wildman–Crippen LogP) is 3.14. The summed E-state index contributed by atoms with van der Waals surface area (Å²) in [5, 5.41) is 0. The van der Waals surface area contributed by atoms with Crippen LogP contribution in [0.25, 0.3) is 0 Å². The first-order valence-electron chi connectivity index (χ1n) is 6.49. The SMILES string of the molecule is COc1ccc(C(CCN(C)C)C2CC2)cc1. The maximum absolute atomic E-state index is 5.21. The van der Waals surface area contributed by atoms with E-state index in [0.29, 0.717) is 0 Å². The van der Waals surface area contributed by atoms with Crippen LogP contribution in [0, 0.1) is 5.92 Å². The summed E-state index contributed by atoms with van der Waals surface area (Å²) in [5.41, 5.74) is 1.48. The maximum Gasteiger partial charge on any atom is 0.118 e. The van der Waals surface area contributed by atoms with Gasteiger partial charge in [-0.05, 0) is 69.4 Å². The van der Waals surface area contributed by atoms with Crippen LogP contribution in [-0.2, 0) is 0 Å². The molecule has 1 saturated carbocycles. The van der Waals surface area contributed by atoms with Gasteiger partial charge < -0.3 is 9.64 Å². The maximum atomic E-state index is 5.21. The van der Waals surface area contributed by atoms with E-state index in [1.54, 1.807) is 7.11 Å². The van der Waals surface area contributed by atoms with Crippen molar-refractivity contribution in [2.24, 2.45) is 5.92 Å². The Morgan fingerprint density at radius 2 is 1.88 bits per heavy atom. The molecule has 1 atom stereocenters. The van der Waals surface area contributed by atoms with E-state index in [-0.39, 0.29) is 0 Å². The Kier molecular flexibility index (Phi) is 4.06. The van der Waals surface area contributed by atoms with E-state index in [2.05, 4.69) is 43.3 Å². The van der Waals surface area contributed by atoms with Crippen LogP contribution in [0.5, 0.6) is 5.75 Å². The molecule has 0 radical (unpaired) electrons. The van der Waals surface area contributed by atoms with Crippen molar-refractivity contribution in [3.05, 3.63) is 29.8 Å². The van der Waals surface area contributed by atoms with Gasteiger partial charge in [-0.3, -0.25) is 0 Å². The van der Waals surface area contributed by atoms with Gasteiger partial charge in [-0.25, -0.2) is 0 Å². The standard InChI is InChI=1S/C15H23NO/c1-16(2)11-10-15(12-4-5-12)13-6-8-14(17-3)9-7-13/h6-9,12,15H,4-5,10-11H2,1-3H3. The fraction of sp³-hybridized carbons (Fsp3) is 0.600. The van der Waals surface area contributed by atoms with Gasteiger partial charge in [0.2, 0.25) is 0 Å².